The zero-order valence-electron chi connectivity index (χ0n) is 11.7. The second-order valence-electron chi connectivity index (χ2n) is 5.37. The molecule has 0 atom stereocenters. The van der Waals surface area contributed by atoms with Gasteiger partial charge in [0.2, 0.25) is 0 Å². The lowest BCUT2D eigenvalue weighted by Crippen LogP contribution is -2.61. The van der Waals surface area contributed by atoms with E-state index < -0.39 is 5.54 Å². The third kappa shape index (κ3) is 3.64. The second-order valence-corrected chi connectivity index (χ2v) is 6.97. The molecule has 1 saturated heterocycles. The third-order valence-corrected chi connectivity index (χ3v) is 5.18. The van der Waals surface area contributed by atoms with Gasteiger partial charge in [-0.3, -0.25) is 4.79 Å². The van der Waals surface area contributed by atoms with Crippen molar-refractivity contribution in [2.75, 3.05) is 20.1 Å². The largest absolute Gasteiger partial charge is 0.507 e. The highest BCUT2D eigenvalue weighted by Gasteiger charge is 2.38. The van der Waals surface area contributed by atoms with Gasteiger partial charge in [-0.25, -0.2) is 0 Å². The number of nitrogens with two attached hydrogens (primary N) is 1. The van der Waals surface area contributed by atoms with Crippen LogP contribution in [0.4, 0.5) is 0 Å². The van der Waals surface area contributed by atoms with Crippen LogP contribution in [0, 0.1) is 3.57 Å². The number of nitrogens with zero attached hydrogens (tertiary/aromatic N) is 1. The normalized spacial score (nSPS) is 18.2. The Kier molecular flexibility index (Phi) is 5.05. The van der Waals surface area contributed by atoms with Crippen LogP contribution in [0.1, 0.15) is 23.2 Å². The van der Waals surface area contributed by atoms with Gasteiger partial charge in [-0.1, -0.05) is 12.2 Å². The van der Waals surface area contributed by atoms with Gasteiger partial charge in [-0.15, -0.1) is 0 Å². The van der Waals surface area contributed by atoms with E-state index in [0.29, 0.717) is 27.0 Å². The van der Waals surface area contributed by atoms with E-state index in [0.717, 1.165) is 13.1 Å². The minimum Gasteiger partial charge on any atom is -0.507 e. The van der Waals surface area contributed by atoms with E-state index >= 15 is 0 Å². The highest BCUT2D eigenvalue weighted by atomic mass is 127. The molecule has 1 aromatic rings. The molecule has 1 aliphatic rings. The molecule has 5 nitrogen and oxygen atoms in total. The van der Waals surface area contributed by atoms with E-state index in [2.05, 4.69) is 10.2 Å². The van der Waals surface area contributed by atoms with Crippen LogP contribution >= 0.6 is 34.8 Å². The average Bonchev–Trinajstić information content (AvgIpc) is 2.44. The summed E-state index contributed by atoms with van der Waals surface area (Å²) in [4.78, 5) is 14.9. The fourth-order valence-corrected chi connectivity index (χ4v) is 2.97. The Morgan fingerprint density at radius 2 is 2.10 bits per heavy atom. The lowest BCUT2D eigenvalue weighted by atomic mass is 9.87. The molecule has 2 rings (SSSR count). The number of benzene rings is 1. The van der Waals surface area contributed by atoms with Crippen LogP contribution in [0.2, 0.25) is 0 Å². The molecular formula is C14H18IN3O2S. The van der Waals surface area contributed by atoms with Crippen molar-refractivity contribution in [3.63, 3.8) is 0 Å². The topological polar surface area (TPSA) is 78.6 Å². The lowest BCUT2D eigenvalue weighted by Gasteiger charge is -2.40. The van der Waals surface area contributed by atoms with Gasteiger partial charge < -0.3 is 21.1 Å². The predicted molar refractivity (Wildman–Crippen MR) is 94.5 cm³/mol. The molecule has 1 fully saturated rings. The van der Waals surface area contributed by atoms with Gasteiger partial charge in [0.05, 0.1) is 14.1 Å². The van der Waals surface area contributed by atoms with Crippen LogP contribution in [0.5, 0.6) is 5.75 Å². The number of hydrogen-bond acceptors (Lipinski definition) is 4. The molecule has 0 radical (unpaired) electrons. The molecule has 1 aliphatic heterocycles. The van der Waals surface area contributed by atoms with Gasteiger partial charge in [-0.05, 0) is 60.7 Å². The Labute approximate surface area is 143 Å². The maximum atomic E-state index is 12.4. The predicted octanol–water partition coefficient (Wildman–Crippen LogP) is 1.48. The van der Waals surface area contributed by atoms with E-state index in [1.165, 1.54) is 6.07 Å². The number of carbonyl (C=O) groups is 1. The standard InChI is InChI=1S/C14H18IN3O2S/c1-18-6-4-14(5-7-18,13(16)21)17-12(20)9-2-3-10(15)11(19)8-9/h2-3,8,19H,4-7H2,1H3,(H2,16,21)(H,17,20). The summed E-state index contributed by atoms with van der Waals surface area (Å²) in [5.41, 5.74) is 5.64. The van der Waals surface area contributed by atoms with Crippen molar-refractivity contribution in [1.82, 2.24) is 10.2 Å². The Morgan fingerprint density at radius 1 is 1.48 bits per heavy atom. The molecule has 0 aromatic heterocycles. The molecule has 114 valence electrons. The zero-order valence-corrected chi connectivity index (χ0v) is 14.7. The summed E-state index contributed by atoms with van der Waals surface area (Å²) < 4.78 is 0.701. The van der Waals surface area contributed by atoms with Gasteiger partial charge in [-0.2, -0.15) is 0 Å². The van der Waals surface area contributed by atoms with Crippen molar-refractivity contribution in [3.8, 4) is 5.75 Å². The Bertz CT molecular complexity index is 571. The molecule has 21 heavy (non-hydrogen) atoms. The quantitative estimate of drug-likeness (QED) is 0.511. The molecular weight excluding hydrogens is 401 g/mol. The van der Waals surface area contributed by atoms with Crippen molar-refractivity contribution in [2.24, 2.45) is 5.73 Å². The molecule has 4 N–H and O–H groups in total. The summed E-state index contributed by atoms with van der Waals surface area (Å²) in [5.74, 6) is -0.171. The smallest absolute Gasteiger partial charge is 0.252 e. The summed E-state index contributed by atoms with van der Waals surface area (Å²) in [5, 5.41) is 12.7. The minimum atomic E-state index is -0.641. The summed E-state index contributed by atoms with van der Waals surface area (Å²) in [6, 6.07) is 4.84. The van der Waals surface area contributed by atoms with Crippen LogP contribution in [-0.2, 0) is 0 Å². The highest BCUT2D eigenvalue weighted by molar-refractivity contribution is 14.1. The van der Waals surface area contributed by atoms with E-state index in [1.807, 2.05) is 29.6 Å². The Hall–Kier alpha value is -0.930. The lowest BCUT2D eigenvalue weighted by molar-refractivity contribution is 0.0890. The van der Waals surface area contributed by atoms with Gasteiger partial charge in [0.25, 0.3) is 5.91 Å². The molecule has 0 spiro atoms. The first kappa shape index (κ1) is 16.4. The van der Waals surface area contributed by atoms with E-state index in [4.69, 9.17) is 18.0 Å². The number of halogens is 1. The Morgan fingerprint density at radius 3 is 2.62 bits per heavy atom. The summed E-state index contributed by atoms with van der Waals surface area (Å²) in [6.45, 7) is 1.66. The van der Waals surface area contributed by atoms with E-state index in [9.17, 15) is 9.90 Å². The first-order chi connectivity index (χ1) is 9.84. The molecule has 7 heteroatoms. The maximum absolute atomic E-state index is 12.4. The zero-order chi connectivity index (χ0) is 15.6. The number of likely N-dealkylation sites (tertiary alicyclic amines) is 1. The molecule has 1 heterocycles. The Balaban J connectivity index is 2.19. The van der Waals surface area contributed by atoms with Crippen molar-refractivity contribution in [2.45, 2.75) is 18.4 Å². The number of piperidine rings is 1. The number of hydrogen-bond donors (Lipinski definition) is 3. The molecule has 1 amide bonds. The van der Waals surface area contributed by atoms with Gasteiger partial charge in [0, 0.05) is 18.7 Å². The number of aromatic hydroxyl groups is 1. The minimum absolute atomic E-state index is 0.0935. The summed E-state index contributed by atoms with van der Waals surface area (Å²) in [6.07, 6.45) is 1.39. The number of carbonyl (C=O) groups excluding carboxylic acids is 1. The van der Waals surface area contributed by atoms with Gasteiger partial charge >= 0.3 is 0 Å². The molecule has 0 saturated carbocycles. The summed E-state index contributed by atoms with van der Waals surface area (Å²) in [7, 11) is 2.03. The van der Waals surface area contributed by atoms with Crippen LogP contribution < -0.4 is 11.1 Å². The van der Waals surface area contributed by atoms with Crippen molar-refractivity contribution < 1.29 is 9.90 Å². The molecule has 1 aromatic carbocycles. The first-order valence-electron chi connectivity index (χ1n) is 6.63. The number of thiocarbonyl (C=S) groups is 1. The molecule has 0 bridgehead atoms. The van der Waals surface area contributed by atoms with Crippen LogP contribution in [-0.4, -0.2) is 46.6 Å². The highest BCUT2D eigenvalue weighted by Crippen LogP contribution is 2.24. The third-order valence-electron chi connectivity index (χ3n) is 3.87. The van der Waals surface area contributed by atoms with E-state index in [-0.39, 0.29) is 11.7 Å². The fraction of sp³-hybridized carbons (Fsp3) is 0.429. The van der Waals surface area contributed by atoms with E-state index in [1.54, 1.807) is 12.1 Å². The monoisotopic (exact) mass is 419 g/mol. The number of nitrogens with one attached hydrogen (secondary N) is 1. The van der Waals surface area contributed by atoms with Crippen LogP contribution in [0.3, 0.4) is 0 Å². The first-order valence-corrected chi connectivity index (χ1v) is 8.12. The van der Waals surface area contributed by atoms with Crippen molar-refractivity contribution >= 4 is 45.7 Å². The number of phenolic OH excluding ortho intramolecular Hbond substituents is 1. The fourth-order valence-electron chi connectivity index (χ4n) is 2.38. The molecule has 0 aliphatic carbocycles. The van der Waals surface area contributed by atoms with Crippen LogP contribution in [0.25, 0.3) is 0 Å². The van der Waals surface area contributed by atoms with Crippen LogP contribution in [0.15, 0.2) is 18.2 Å². The number of rotatable bonds is 3. The number of phenols is 1. The van der Waals surface area contributed by atoms with Gasteiger partial charge in [0.15, 0.2) is 0 Å². The number of amides is 1. The SMILES string of the molecule is CN1CCC(NC(=O)c2ccc(I)c(O)c2)(C(N)=S)CC1. The maximum Gasteiger partial charge on any atom is 0.252 e. The average molecular weight is 419 g/mol. The summed E-state index contributed by atoms with van der Waals surface area (Å²) >= 11 is 7.18. The van der Waals surface area contributed by atoms with Gasteiger partial charge in [0.1, 0.15) is 5.75 Å². The molecule has 0 unspecified atom stereocenters. The second kappa shape index (κ2) is 6.45. The van der Waals surface area contributed by atoms with Crippen molar-refractivity contribution in [3.05, 3.63) is 27.3 Å². The van der Waals surface area contributed by atoms with Crippen molar-refractivity contribution in [1.29, 1.82) is 0 Å².